The van der Waals surface area contributed by atoms with Gasteiger partial charge in [-0.3, -0.25) is 4.79 Å². The summed E-state index contributed by atoms with van der Waals surface area (Å²) in [6.07, 6.45) is 0. The minimum atomic E-state index is -0.0108. The van der Waals surface area contributed by atoms with Gasteiger partial charge in [0, 0.05) is 24.7 Å². The number of nitrogens with zero attached hydrogens (tertiary/aromatic N) is 2. The molecule has 0 bridgehead atoms. The fourth-order valence-electron chi connectivity index (χ4n) is 3.49. The molecule has 1 unspecified atom stereocenters. The predicted molar refractivity (Wildman–Crippen MR) is 93.2 cm³/mol. The minimum absolute atomic E-state index is 0.0108. The summed E-state index contributed by atoms with van der Waals surface area (Å²) in [4.78, 5) is 17.3. The molecule has 0 N–H and O–H groups in total. The van der Waals surface area contributed by atoms with Crippen molar-refractivity contribution in [1.29, 1.82) is 0 Å². The average molecular weight is 324 g/mol. The molecule has 0 spiro atoms. The van der Waals surface area contributed by atoms with Crippen molar-refractivity contribution in [2.24, 2.45) is 0 Å². The van der Waals surface area contributed by atoms with Crippen molar-refractivity contribution in [3.63, 3.8) is 0 Å². The van der Waals surface area contributed by atoms with Crippen LogP contribution in [0.2, 0.25) is 0 Å². The normalized spacial score (nSPS) is 18.5. The Labute approximate surface area is 141 Å². The number of para-hydroxylation sites is 2. The van der Waals surface area contributed by atoms with Crippen LogP contribution in [0.5, 0.6) is 11.5 Å². The van der Waals surface area contributed by atoms with Crippen LogP contribution in [0, 0.1) is 0 Å². The smallest absolute Gasteiger partial charge is 0.258 e. The van der Waals surface area contributed by atoms with Gasteiger partial charge in [-0.1, -0.05) is 12.1 Å². The number of carbonyl (C=O) groups excluding carboxylic acids is 1. The second kappa shape index (κ2) is 5.74. The van der Waals surface area contributed by atoms with Crippen LogP contribution in [0.25, 0.3) is 0 Å². The van der Waals surface area contributed by atoms with E-state index < -0.39 is 0 Å². The van der Waals surface area contributed by atoms with E-state index in [1.807, 2.05) is 23.1 Å². The summed E-state index contributed by atoms with van der Waals surface area (Å²) in [6.45, 7) is 6.09. The molecule has 4 rings (SSSR count). The van der Waals surface area contributed by atoms with Gasteiger partial charge in [0.2, 0.25) is 6.79 Å². The van der Waals surface area contributed by atoms with Gasteiger partial charge in [-0.2, -0.15) is 0 Å². The average Bonchev–Trinajstić information content (AvgIpc) is 3.08. The molecular weight excluding hydrogens is 304 g/mol. The van der Waals surface area contributed by atoms with E-state index in [1.165, 1.54) is 0 Å². The van der Waals surface area contributed by atoms with Gasteiger partial charge in [0.05, 0.1) is 11.4 Å². The summed E-state index contributed by atoms with van der Waals surface area (Å²) in [5.41, 5.74) is 2.68. The molecule has 1 amide bonds. The van der Waals surface area contributed by atoms with Crippen LogP contribution in [-0.2, 0) is 0 Å². The van der Waals surface area contributed by atoms with E-state index in [0.29, 0.717) is 23.6 Å². The molecule has 5 heteroatoms. The second-order valence-electron chi connectivity index (χ2n) is 6.11. The summed E-state index contributed by atoms with van der Waals surface area (Å²) < 4.78 is 10.7. The van der Waals surface area contributed by atoms with E-state index >= 15 is 0 Å². The molecule has 2 aliphatic heterocycles. The molecule has 2 heterocycles. The number of likely N-dealkylation sites (N-methyl/N-ethyl adjacent to an activating group) is 1. The monoisotopic (exact) mass is 324 g/mol. The van der Waals surface area contributed by atoms with Crippen molar-refractivity contribution in [2.75, 3.05) is 29.7 Å². The SMILES string of the molecule is CCN1c2ccccc2N(C(=O)c2ccc3c(c2)OCO3)CC1C. The van der Waals surface area contributed by atoms with Gasteiger partial charge in [-0.05, 0) is 44.2 Å². The molecular formula is C19H20N2O3. The number of hydrogen-bond donors (Lipinski definition) is 0. The summed E-state index contributed by atoms with van der Waals surface area (Å²) >= 11 is 0. The molecule has 2 aromatic carbocycles. The molecule has 2 aromatic rings. The first kappa shape index (κ1) is 14.9. The van der Waals surface area contributed by atoms with E-state index in [2.05, 4.69) is 24.8 Å². The van der Waals surface area contributed by atoms with Crippen LogP contribution in [0.4, 0.5) is 11.4 Å². The number of hydrogen-bond acceptors (Lipinski definition) is 4. The lowest BCUT2D eigenvalue weighted by molar-refractivity contribution is 0.0983. The second-order valence-corrected chi connectivity index (χ2v) is 6.11. The van der Waals surface area contributed by atoms with E-state index in [1.54, 1.807) is 18.2 Å². The van der Waals surface area contributed by atoms with Crippen molar-refractivity contribution in [3.05, 3.63) is 48.0 Å². The quantitative estimate of drug-likeness (QED) is 0.850. The maximum absolute atomic E-state index is 13.1. The molecule has 0 aliphatic carbocycles. The number of benzene rings is 2. The first-order valence-electron chi connectivity index (χ1n) is 8.26. The van der Waals surface area contributed by atoms with E-state index in [0.717, 1.165) is 17.9 Å². The van der Waals surface area contributed by atoms with E-state index in [-0.39, 0.29) is 18.7 Å². The fourth-order valence-corrected chi connectivity index (χ4v) is 3.49. The first-order valence-corrected chi connectivity index (χ1v) is 8.26. The van der Waals surface area contributed by atoms with Gasteiger partial charge in [0.1, 0.15) is 0 Å². The van der Waals surface area contributed by atoms with Crippen molar-refractivity contribution in [2.45, 2.75) is 19.9 Å². The van der Waals surface area contributed by atoms with Crippen molar-refractivity contribution in [1.82, 2.24) is 0 Å². The van der Waals surface area contributed by atoms with Crippen LogP contribution in [-0.4, -0.2) is 31.8 Å². The van der Waals surface area contributed by atoms with Gasteiger partial charge in [0.25, 0.3) is 5.91 Å². The van der Waals surface area contributed by atoms with Gasteiger partial charge in [0.15, 0.2) is 11.5 Å². The van der Waals surface area contributed by atoms with Crippen molar-refractivity contribution >= 4 is 17.3 Å². The minimum Gasteiger partial charge on any atom is -0.454 e. The van der Waals surface area contributed by atoms with Crippen LogP contribution in [0.1, 0.15) is 24.2 Å². The Morgan fingerprint density at radius 1 is 1.12 bits per heavy atom. The molecule has 0 aromatic heterocycles. The first-order chi connectivity index (χ1) is 11.7. The van der Waals surface area contributed by atoms with Crippen LogP contribution in [0.3, 0.4) is 0 Å². The van der Waals surface area contributed by atoms with Gasteiger partial charge < -0.3 is 19.3 Å². The van der Waals surface area contributed by atoms with Crippen LogP contribution >= 0.6 is 0 Å². The Bertz CT molecular complexity index is 790. The number of carbonyl (C=O) groups is 1. The summed E-state index contributed by atoms with van der Waals surface area (Å²) in [6, 6.07) is 13.7. The van der Waals surface area contributed by atoms with Crippen molar-refractivity contribution < 1.29 is 14.3 Å². The van der Waals surface area contributed by atoms with Crippen molar-refractivity contribution in [3.8, 4) is 11.5 Å². The number of ether oxygens (including phenoxy) is 2. The van der Waals surface area contributed by atoms with Gasteiger partial charge >= 0.3 is 0 Å². The molecule has 5 nitrogen and oxygen atoms in total. The Morgan fingerprint density at radius 3 is 2.67 bits per heavy atom. The highest BCUT2D eigenvalue weighted by Crippen LogP contribution is 2.37. The lowest BCUT2D eigenvalue weighted by atomic mass is 10.1. The zero-order valence-electron chi connectivity index (χ0n) is 13.9. The molecule has 0 radical (unpaired) electrons. The van der Waals surface area contributed by atoms with E-state index in [9.17, 15) is 4.79 Å². The lowest BCUT2D eigenvalue weighted by Crippen LogP contribution is -2.49. The highest BCUT2D eigenvalue weighted by molar-refractivity contribution is 6.08. The third-order valence-electron chi connectivity index (χ3n) is 4.67. The van der Waals surface area contributed by atoms with Gasteiger partial charge in [-0.15, -0.1) is 0 Å². The molecule has 0 saturated carbocycles. The Kier molecular flexibility index (Phi) is 3.56. The Balaban J connectivity index is 1.72. The zero-order valence-corrected chi connectivity index (χ0v) is 13.9. The molecule has 0 fully saturated rings. The maximum atomic E-state index is 13.1. The Morgan fingerprint density at radius 2 is 1.88 bits per heavy atom. The maximum Gasteiger partial charge on any atom is 0.258 e. The standard InChI is InChI=1S/C19H20N2O3/c1-3-20-13(2)11-21(16-7-5-4-6-15(16)20)19(22)14-8-9-17-18(10-14)24-12-23-17/h4-10,13H,3,11-12H2,1-2H3. The van der Waals surface area contributed by atoms with Gasteiger partial charge in [-0.25, -0.2) is 0 Å². The van der Waals surface area contributed by atoms with Crippen LogP contribution < -0.4 is 19.3 Å². The van der Waals surface area contributed by atoms with E-state index in [4.69, 9.17) is 9.47 Å². The number of rotatable bonds is 2. The summed E-state index contributed by atoms with van der Waals surface area (Å²) in [7, 11) is 0. The predicted octanol–water partition coefficient (Wildman–Crippen LogP) is 3.29. The molecule has 124 valence electrons. The molecule has 0 saturated heterocycles. The Hall–Kier alpha value is -2.69. The fraction of sp³-hybridized carbons (Fsp3) is 0.316. The topological polar surface area (TPSA) is 42.0 Å². The zero-order chi connectivity index (χ0) is 16.7. The number of amides is 1. The highest BCUT2D eigenvalue weighted by atomic mass is 16.7. The number of anilines is 2. The third-order valence-corrected chi connectivity index (χ3v) is 4.67. The third kappa shape index (κ3) is 2.28. The highest BCUT2D eigenvalue weighted by Gasteiger charge is 2.31. The number of fused-ring (bicyclic) bond motifs is 2. The molecule has 1 atom stereocenters. The largest absolute Gasteiger partial charge is 0.454 e. The molecule has 2 aliphatic rings. The lowest BCUT2D eigenvalue weighted by Gasteiger charge is -2.42. The summed E-state index contributed by atoms with van der Waals surface area (Å²) in [5, 5.41) is 0. The van der Waals surface area contributed by atoms with Crippen LogP contribution in [0.15, 0.2) is 42.5 Å². The summed E-state index contributed by atoms with van der Waals surface area (Å²) in [5.74, 6) is 1.31. The molecule has 24 heavy (non-hydrogen) atoms.